The number of nitrogens with zero attached hydrogens (tertiary/aromatic N) is 4. The molecule has 1 N–H and O–H groups in total. The van der Waals surface area contributed by atoms with Crippen molar-refractivity contribution in [3.8, 4) is 0 Å². The number of hydrogen-bond donors (Lipinski definition) is 1. The highest BCUT2D eigenvalue weighted by molar-refractivity contribution is 5.96. The highest BCUT2D eigenvalue weighted by Crippen LogP contribution is 2.43. The number of aromatic nitrogens is 2. The zero-order valence-corrected chi connectivity index (χ0v) is 16.2. The van der Waals surface area contributed by atoms with Crippen LogP contribution in [0.1, 0.15) is 35.4 Å². The van der Waals surface area contributed by atoms with Gasteiger partial charge in [0.05, 0.1) is 24.2 Å². The van der Waals surface area contributed by atoms with Gasteiger partial charge in [-0.2, -0.15) is 0 Å². The number of rotatable bonds is 4. The van der Waals surface area contributed by atoms with Crippen molar-refractivity contribution in [2.24, 2.45) is 5.92 Å². The molecular weight excluding hydrogens is 370 g/mol. The highest BCUT2D eigenvalue weighted by Gasteiger charge is 2.50. The van der Waals surface area contributed by atoms with Gasteiger partial charge in [0.15, 0.2) is 0 Å². The summed E-state index contributed by atoms with van der Waals surface area (Å²) in [6.07, 6.45) is 4.87. The maximum absolute atomic E-state index is 13.1. The quantitative estimate of drug-likeness (QED) is 0.837. The maximum Gasteiger partial charge on any atom is 0.274 e. The van der Waals surface area contributed by atoms with Crippen LogP contribution in [0.5, 0.6) is 0 Å². The first-order valence-corrected chi connectivity index (χ1v) is 9.79. The largest absolute Gasteiger partial charge is 0.356 e. The Balaban J connectivity index is 1.62. The Labute approximate surface area is 168 Å². The Kier molecular flexibility index (Phi) is 5.24. The average molecular weight is 393 g/mol. The first kappa shape index (κ1) is 19.0. The topological polar surface area (TPSA) is 95.5 Å². The van der Waals surface area contributed by atoms with Crippen LogP contribution in [-0.4, -0.2) is 63.2 Å². The van der Waals surface area contributed by atoms with Crippen LogP contribution in [0.25, 0.3) is 0 Å². The summed E-state index contributed by atoms with van der Waals surface area (Å²) in [5.74, 6) is -0.879. The first-order chi connectivity index (χ1) is 14.1. The Morgan fingerprint density at radius 2 is 2.00 bits per heavy atom. The maximum atomic E-state index is 13.1. The Hall–Kier alpha value is -3.29. The van der Waals surface area contributed by atoms with E-state index in [0.29, 0.717) is 19.5 Å². The lowest BCUT2D eigenvalue weighted by Gasteiger charge is -2.40. The lowest BCUT2D eigenvalue weighted by molar-refractivity contribution is -0.139. The van der Waals surface area contributed by atoms with Crippen LogP contribution in [0, 0.1) is 5.92 Å². The molecule has 3 heterocycles. The molecular formula is C21H23N5O3. The van der Waals surface area contributed by atoms with Crippen LogP contribution in [0.15, 0.2) is 48.9 Å². The molecule has 1 aromatic carbocycles. The molecule has 2 aromatic rings. The molecule has 2 saturated heterocycles. The second-order valence-electron chi connectivity index (χ2n) is 7.32. The van der Waals surface area contributed by atoms with E-state index in [1.54, 1.807) is 4.90 Å². The van der Waals surface area contributed by atoms with E-state index < -0.39 is 0 Å². The molecule has 0 aliphatic carbocycles. The predicted molar refractivity (Wildman–Crippen MR) is 105 cm³/mol. The molecule has 4 rings (SSSR count). The molecule has 29 heavy (non-hydrogen) atoms. The number of amides is 3. The number of hydrogen-bond acceptors (Lipinski definition) is 5. The number of carbonyl (C=O) groups excluding carboxylic acids is 3. The van der Waals surface area contributed by atoms with Crippen molar-refractivity contribution in [1.29, 1.82) is 0 Å². The fourth-order valence-corrected chi connectivity index (χ4v) is 4.37. The summed E-state index contributed by atoms with van der Waals surface area (Å²) in [5, 5.41) is 2.90. The number of nitrogens with one attached hydrogen (secondary N) is 1. The van der Waals surface area contributed by atoms with Gasteiger partial charge in [-0.3, -0.25) is 19.4 Å². The third kappa shape index (κ3) is 3.57. The fourth-order valence-electron chi connectivity index (χ4n) is 4.37. The second kappa shape index (κ2) is 7.98. The summed E-state index contributed by atoms with van der Waals surface area (Å²) in [7, 11) is 0. The third-order valence-corrected chi connectivity index (χ3v) is 5.54. The lowest BCUT2D eigenvalue weighted by Crippen LogP contribution is -2.56. The molecule has 2 aliphatic heterocycles. The summed E-state index contributed by atoms with van der Waals surface area (Å²) in [6, 6.07) is 9.10. The van der Waals surface area contributed by atoms with Crippen LogP contribution in [0.3, 0.4) is 0 Å². The first-order valence-electron chi connectivity index (χ1n) is 9.79. The van der Waals surface area contributed by atoms with Gasteiger partial charge in [0.1, 0.15) is 12.2 Å². The molecule has 0 saturated carbocycles. The van der Waals surface area contributed by atoms with E-state index in [-0.39, 0.29) is 48.0 Å². The molecule has 0 spiro atoms. The molecule has 3 atom stereocenters. The Morgan fingerprint density at radius 1 is 1.21 bits per heavy atom. The van der Waals surface area contributed by atoms with E-state index in [1.807, 2.05) is 37.3 Å². The molecule has 8 nitrogen and oxygen atoms in total. The molecule has 1 aromatic heterocycles. The zero-order chi connectivity index (χ0) is 20.4. The SMILES string of the molecule is CCNC(=O)[C@@H]1C[C@@H]2CN(C(=O)c3cnccn3)CC(=O)N2[C@@H]1c1ccccc1. The highest BCUT2D eigenvalue weighted by atomic mass is 16.2. The zero-order valence-electron chi connectivity index (χ0n) is 16.2. The third-order valence-electron chi connectivity index (χ3n) is 5.54. The minimum atomic E-state index is -0.349. The standard InChI is InChI=1S/C21H23N5O3/c1-2-23-20(28)16-10-15-12-25(21(29)17-11-22-8-9-24-17)13-18(27)26(15)19(16)14-6-4-3-5-7-14/h3-9,11,15-16,19H,2,10,12-13H2,1H3,(H,23,28)/t15-,16-,19-/m1/s1. The van der Waals surface area contributed by atoms with Crippen LogP contribution in [0.4, 0.5) is 0 Å². The van der Waals surface area contributed by atoms with Gasteiger partial charge < -0.3 is 15.1 Å². The van der Waals surface area contributed by atoms with Crippen molar-refractivity contribution >= 4 is 17.7 Å². The number of piperazine rings is 1. The van der Waals surface area contributed by atoms with Gasteiger partial charge in [0.2, 0.25) is 11.8 Å². The summed E-state index contributed by atoms with van der Waals surface area (Å²) < 4.78 is 0. The summed E-state index contributed by atoms with van der Waals surface area (Å²) in [4.78, 5) is 49.9. The molecule has 8 heteroatoms. The molecule has 0 radical (unpaired) electrons. The van der Waals surface area contributed by atoms with Gasteiger partial charge in [0.25, 0.3) is 5.91 Å². The van der Waals surface area contributed by atoms with Crippen molar-refractivity contribution in [1.82, 2.24) is 25.1 Å². The predicted octanol–water partition coefficient (Wildman–Crippen LogP) is 1.03. The monoisotopic (exact) mass is 393 g/mol. The number of fused-ring (bicyclic) bond motifs is 1. The molecule has 2 aliphatic rings. The van der Waals surface area contributed by atoms with Crippen molar-refractivity contribution in [3.63, 3.8) is 0 Å². The lowest BCUT2D eigenvalue weighted by atomic mass is 9.92. The van der Waals surface area contributed by atoms with Crippen molar-refractivity contribution in [3.05, 3.63) is 60.2 Å². The van der Waals surface area contributed by atoms with Crippen molar-refractivity contribution < 1.29 is 14.4 Å². The van der Waals surface area contributed by atoms with E-state index in [0.717, 1.165) is 5.56 Å². The van der Waals surface area contributed by atoms with Crippen LogP contribution in [0.2, 0.25) is 0 Å². The average Bonchev–Trinajstić information content (AvgIpc) is 3.15. The van der Waals surface area contributed by atoms with Gasteiger partial charge in [-0.05, 0) is 18.9 Å². The Bertz CT molecular complexity index is 905. The van der Waals surface area contributed by atoms with Gasteiger partial charge in [-0.25, -0.2) is 4.98 Å². The number of carbonyl (C=O) groups is 3. The summed E-state index contributed by atoms with van der Waals surface area (Å²) in [6.45, 7) is 2.76. The van der Waals surface area contributed by atoms with Gasteiger partial charge in [0, 0.05) is 25.5 Å². The van der Waals surface area contributed by atoms with Crippen LogP contribution >= 0.6 is 0 Å². The molecule has 3 amide bonds. The normalized spacial score (nSPS) is 23.6. The minimum Gasteiger partial charge on any atom is -0.356 e. The van der Waals surface area contributed by atoms with E-state index in [1.165, 1.54) is 23.5 Å². The Morgan fingerprint density at radius 3 is 2.69 bits per heavy atom. The van der Waals surface area contributed by atoms with E-state index in [4.69, 9.17) is 0 Å². The van der Waals surface area contributed by atoms with E-state index >= 15 is 0 Å². The fraction of sp³-hybridized carbons (Fsp3) is 0.381. The van der Waals surface area contributed by atoms with E-state index in [2.05, 4.69) is 15.3 Å². The van der Waals surface area contributed by atoms with Gasteiger partial charge in [-0.1, -0.05) is 30.3 Å². The van der Waals surface area contributed by atoms with Crippen LogP contribution in [-0.2, 0) is 9.59 Å². The minimum absolute atomic E-state index is 0.0304. The smallest absolute Gasteiger partial charge is 0.274 e. The second-order valence-corrected chi connectivity index (χ2v) is 7.32. The van der Waals surface area contributed by atoms with Crippen molar-refractivity contribution in [2.45, 2.75) is 25.4 Å². The van der Waals surface area contributed by atoms with Crippen LogP contribution < -0.4 is 5.32 Å². The van der Waals surface area contributed by atoms with Gasteiger partial charge in [-0.15, -0.1) is 0 Å². The summed E-state index contributed by atoms with van der Waals surface area (Å²) in [5.41, 5.74) is 1.15. The number of benzene rings is 1. The molecule has 0 unspecified atom stereocenters. The molecule has 150 valence electrons. The molecule has 2 fully saturated rings. The summed E-state index contributed by atoms with van der Waals surface area (Å²) >= 11 is 0. The van der Waals surface area contributed by atoms with Gasteiger partial charge >= 0.3 is 0 Å². The van der Waals surface area contributed by atoms with Crippen molar-refractivity contribution in [2.75, 3.05) is 19.6 Å². The van der Waals surface area contributed by atoms with E-state index in [9.17, 15) is 14.4 Å². The molecule has 0 bridgehead atoms.